The molecule has 0 radical (unpaired) electrons. The van der Waals surface area contributed by atoms with Crippen molar-refractivity contribution in [2.45, 2.75) is 39.5 Å². The average Bonchev–Trinajstić information content (AvgIpc) is 3.17. The number of hydrogen-bond acceptors (Lipinski definition) is 8. The Kier molecular flexibility index (Phi) is 6.31. The Hall–Kier alpha value is -3.20. The maximum absolute atomic E-state index is 12.7. The van der Waals surface area contributed by atoms with Crippen molar-refractivity contribution in [3.8, 4) is 0 Å². The first-order valence-electron chi connectivity index (χ1n) is 10.3. The predicted octanol–water partition coefficient (Wildman–Crippen LogP) is 3.81. The van der Waals surface area contributed by atoms with Gasteiger partial charge in [0.1, 0.15) is 0 Å². The first kappa shape index (κ1) is 21.0. The van der Waals surface area contributed by atoms with Crippen LogP contribution in [0.15, 0.2) is 29.9 Å². The fourth-order valence-electron chi connectivity index (χ4n) is 3.75. The van der Waals surface area contributed by atoms with Crippen LogP contribution in [-0.2, 0) is 4.79 Å². The Morgan fingerprint density at radius 3 is 2.68 bits per heavy atom. The summed E-state index contributed by atoms with van der Waals surface area (Å²) in [5.74, 6) is 1.23. The third-order valence-corrected chi connectivity index (χ3v) is 5.88. The van der Waals surface area contributed by atoms with Gasteiger partial charge in [0.15, 0.2) is 5.82 Å². The highest BCUT2D eigenvalue weighted by Crippen LogP contribution is 2.30. The largest absolute Gasteiger partial charge is 0.338 e. The van der Waals surface area contributed by atoms with E-state index >= 15 is 0 Å². The van der Waals surface area contributed by atoms with Gasteiger partial charge in [0.2, 0.25) is 11.9 Å². The molecule has 1 N–H and O–H groups in total. The minimum Gasteiger partial charge on any atom is -0.338 e. The summed E-state index contributed by atoms with van der Waals surface area (Å²) in [6.07, 6.45) is 8.58. The summed E-state index contributed by atoms with van der Waals surface area (Å²) in [7, 11) is 0. The molecule has 1 fully saturated rings. The highest BCUT2D eigenvalue weighted by molar-refractivity contribution is 7.09. The van der Waals surface area contributed by atoms with Crippen LogP contribution in [0.5, 0.6) is 0 Å². The Morgan fingerprint density at radius 1 is 1.16 bits per heavy atom. The lowest BCUT2D eigenvalue weighted by Crippen LogP contribution is -2.38. The lowest BCUT2D eigenvalue weighted by Gasteiger charge is -2.32. The quantitative estimate of drug-likeness (QED) is 0.609. The van der Waals surface area contributed by atoms with Gasteiger partial charge < -0.3 is 10.2 Å². The molecule has 1 amide bonds. The van der Waals surface area contributed by atoms with Crippen molar-refractivity contribution in [2.24, 2.45) is 0 Å². The van der Waals surface area contributed by atoms with Crippen LogP contribution in [0.4, 0.5) is 11.8 Å². The minimum atomic E-state index is -0.00797. The fourth-order valence-corrected chi connectivity index (χ4v) is 4.33. The topological polar surface area (TPSA) is 96.8 Å². The first-order valence-corrected chi connectivity index (χ1v) is 11.2. The highest BCUT2D eigenvalue weighted by Gasteiger charge is 2.27. The van der Waals surface area contributed by atoms with Gasteiger partial charge in [-0.3, -0.25) is 9.78 Å². The molecule has 1 atom stereocenters. The Bertz CT molecular complexity index is 1090. The number of likely N-dealkylation sites (tertiary alicyclic amines) is 1. The van der Waals surface area contributed by atoms with Gasteiger partial charge in [0.05, 0.1) is 16.4 Å². The van der Waals surface area contributed by atoms with Crippen molar-refractivity contribution in [3.63, 3.8) is 0 Å². The molecule has 160 valence electrons. The van der Waals surface area contributed by atoms with E-state index in [1.807, 2.05) is 37.1 Å². The summed E-state index contributed by atoms with van der Waals surface area (Å²) >= 11 is 1.57. The number of carbonyl (C=O) groups excluding carboxylic acids is 1. The van der Waals surface area contributed by atoms with E-state index < -0.39 is 0 Å². The summed E-state index contributed by atoms with van der Waals surface area (Å²) in [6.45, 7) is 7.15. The molecule has 3 aromatic rings. The second kappa shape index (κ2) is 9.30. The summed E-state index contributed by atoms with van der Waals surface area (Å²) in [5.41, 5.74) is 3.43. The number of nitrogens with zero attached hydrogens (tertiary/aromatic N) is 6. The zero-order chi connectivity index (χ0) is 21.8. The fraction of sp³-hybridized carbons (Fsp3) is 0.364. The van der Waals surface area contributed by atoms with E-state index in [2.05, 4.69) is 30.2 Å². The molecule has 0 aromatic carbocycles. The molecule has 4 rings (SSSR count). The lowest BCUT2D eigenvalue weighted by atomic mass is 9.94. The van der Waals surface area contributed by atoms with Crippen LogP contribution in [0.25, 0.3) is 6.08 Å². The first-order chi connectivity index (χ1) is 15.0. The van der Waals surface area contributed by atoms with Crippen molar-refractivity contribution in [2.75, 3.05) is 18.4 Å². The van der Waals surface area contributed by atoms with Crippen molar-refractivity contribution < 1.29 is 4.79 Å². The van der Waals surface area contributed by atoms with Gasteiger partial charge in [-0.25, -0.2) is 19.9 Å². The highest BCUT2D eigenvalue weighted by atomic mass is 32.1. The van der Waals surface area contributed by atoms with Gasteiger partial charge in [-0.15, -0.1) is 11.3 Å². The summed E-state index contributed by atoms with van der Waals surface area (Å²) in [6, 6.07) is 1.92. The van der Waals surface area contributed by atoms with Crippen molar-refractivity contribution in [3.05, 3.63) is 57.7 Å². The van der Waals surface area contributed by atoms with Crippen LogP contribution in [0, 0.1) is 20.8 Å². The molecule has 0 bridgehead atoms. The molecule has 1 aliphatic rings. The number of hydrogen-bond donors (Lipinski definition) is 1. The van der Waals surface area contributed by atoms with E-state index in [1.54, 1.807) is 35.9 Å². The van der Waals surface area contributed by atoms with E-state index in [-0.39, 0.29) is 11.8 Å². The smallest absolute Gasteiger partial charge is 0.246 e. The summed E-state index contributed by atoms with van der Waals surface area (Å²) in [5, 5.41) is 6.16. The predicted molar refractivity (Wildman–Crippen MR) is 121 cm³/mol. The van der Waals surface area contributed by atoms with Crippen LogP contribution in [-0.4, -0.2) is 48.8 Å². The van der Waals surface area contributed by atoms with Gasteiger partial charge in [0, 0.05) is 54.2 Å². The van der Waals surface area contributed by atoms with E-state index in [4.69, 9.17) is 0 Å². The molecule has 4 heterocycles. The number of amides is 1. The van der Waals surface area contributed by atoms with Crippen molar-refractivity contribution in [1.82, 2.24) is 29.8 Å². The standard InChI is InChI=1S/C22H25N7OS/c1-14-11-15(2)26-22(25-14)28-21-20(23-8-9-24-21)17-5-4-10-29(12-17)19(30)7-6-18-13-31-16(3)27-18/h6-9,11,13,17H,4-5,10,12H2,1-3H3,(H,24,25,26,28)/b7-6+. The van der Waals surface area contributed by atoms with Crippen LogP contribution >= 0.6 is 11.3 Å². The van der Waals surface area contributed by atoms with E-state index in [9.17, 15) is 4.79 Å². The number of anilines is 2. The molecule has 3 aromatic heterocycles. The second-order valence-corrected chi connectivity index (χ2v) is 8.70. The zero-order valence-electron chi connectivity index (χ0n) is 17.9. The minimum absolute atomic E-state index is 0.00797. The molecule has 0 saturated carbocycles. The number of piperidine rings is 1. The van der Waals surface area contributed by atoms with Crippen LogP contribution in [0.3, 0.4) is 0 Å². The molecule has 8 nitrogen and oxygen atoms in total. The molecule has 1 aliphatic heterocycles. The Morgan fingerprint density at radius 2 is 1.94 bits per heavy atom. The number of nitrogens with one attached hydrogen (secondary N) is 1. The Labute approximate surface area is 185 Å². The third kappa shape index (κ3) is 5.29. The molecule has 1 saturated heterocycles. The zero-order valence-corrected chi connectivity index (χ0v) is 18.7. The van der Waals surface area contributed by atoms with Gasteiger partial charge in [-0.2, -0.15) is 0 Å². The summed E-state index contributed by atoms with van der Waals surface area (Å²) in [4.78, 5) is 37.0. The molecule has 31 heavy (non-hydrogen) atoms. The van der Waals surface area contributed by atoms with Gasteiger partial charge in [-0.1, -0.05) is 0 Å². The van der Waals surface area contributed by atoms with Crippen LogP contribution < -0.4 is 5.32 Å². The molecule has 0 spiro atoms. The molecule has 1 unspecified atom stereocenters. The van der Waals surface area contributed by atoms with Crippen LogP contribution in [0.2, 0.25) is 0 Å². The van der Waals surface area contributed by atoms with Crippen molar-refractivity contribution >= 4 is 35.1 Å². The summed E-state index contributed by atoms with van der Waals surface area (Å²) < 4.78 is 0. The number of aromatic nitrogens is 5. The SMILES string of the molecule is Cc1cc(C)nc(Nc2nccnc2C2CCCN(C(=O)/C=C/c3csc(C)n3)C2)n1. The van der Waals surface area contributed by atoms with Crippen LogP contribution in [0.1, 0.15) is 46.5 Å². The van der Waals surface area contributed by atoms with Gasteiger partial charge >= 0.3 is 0 Å². The van der Waals surface area contributed by atoms with Gasteiger partial charge in [-0.05, 0) is 45.8 Å². The molecular formula is C22H25N7OS. The molecular weight excluding hydrogens is 410 g/mol. The average molecular weight is 436 g/mol. The molecule has 9 heteroatoms. The monoisotopic (exact) mass is 435 g/mol. The maximum atomic E-state index is 12.7. The third-order valence-electron chi connectivity index (χ3n) is 5.09. The van der Waals surface area contributed by atoms with E-state index in [1.165, 1.54) is 0 Å². The van der Waals surface area contributed by atoms with E-state index in [0.29, 0.717) is 18.3 Å². The van der Waals surface area contributed by atoms with E-state index in [0.717, 1.165) is 47.2 Å². The molecule has 0 aliphatic carbocycles. The van der Waals surface area contributed by atoms with Gasteiger partial charge in [0.25, 0.3) is 0 Å². The number of rotatable bonds is 5. The number of aryl methyl sites for hydroxylation is 3. The maximum Gasteiger partial charge on any atom is 0.246 e. The van der Waals surface area contributed by atoms with Crippen molar-refractivity contribution in [1.29, 1.82) is 0 Å². The number of thiazole rings is 1. The number of carbonyl (C=O) groups is 1. The Balaban J connectivity index is 1.49. The lowest BCUT2D eigenvalue weighted by molar-refractivity contribution is -0.127. The second-order valence-electron chi connectivity index (χ2n) is 7.64. The normalized spacial score (nSPS) is 16.6.